The molecular formula is C24H31ClN2O2. The second kappa shape index (κ2) is 9.93. The van der Waals surface area contributed by atoms with E-state index in [0.717, 1.165) is 16.7 Å². The van der Waals surface area contributed by atoms with Gasteiger partial charge in [-0.3, -0.25) is 9.59 Å². The van der Waals surface area contributed by atoms with Crippen molar-refractivity contribution in [2.75, 3.05) is 0 Å². The second-order valence-corrected chi connectivity index (χ2v) is 8.91. The Morgan fingerprint density at radius 2 is 1.55 bits per heavy atom. The van der Waals surface area contributed by atoms with Gasteiger partial charge in [-0.2, -0.15) is 0 Å². The summed E-state index contributed by atoms with van der Waals surface area (Å²) in [4.78, 5) is 27.9. The smallest absolute Gasteiger partial charge is 0.243 e. The molecule has 0 spiro atoms. The molecule has 2 amide bonds. The Labute approximate surface area is 179 Å². The highest BCUT2D eigenvalue weighted by atomic mass is 35.5. The molecule has 29 heavy (non-hydrogen) atoms. The van der Waals surface area contributed by atoms with Gasteiger partial charge in [-0.25, -0.2) is 0 Å². The normalized spacial score (nSPS) is 12.3. The van der Waals surface area contributed by atoms with E-state index in [1.165, 1.54) is 0 Å². The first-order valence-electron chi connectivity index (χ1n) is 10.0. The highest BCUT2D eigenvalue weighted by Crippen LogP contribution is 2.17. The van der Waals surface area contributed by atoms with Crippen molar-refractivity contribution in [1.82, 2.24) is 10.2 Å². The van der Waals surface area contributed by atoms with Crippen LogP contribution in [0.1, 0.15) is 50.8 Å². The van der Waals surface area contributed by atoms with Gasteiger partial charge in [-0.15, -0.1) is 0 Å². The van der Waals surface area contributed by atoms with E-state index in [4.69, 9.17) is 11.6 Å². The van der Waals surface area contributed by atoms with Gasteiger partial charge >= 0.3 is 0 Å². The molecule has 2 aromatic rings. The van der Waals surface area contributed by atoms with E-state index in [9.17, 15) is 9.59 Å². The Balaban J connectivity index is 2.29. The zero-order chi connectivity index (χ0) is 21.6. The summed E-state index contributed by atoms with van der Waals surface area (Å²) >= 11 is 6.00. The Hall–Kier alpha value is -2.33. The van der Waals surface area contributed by atoms with E-state index in [-0.39, 0.29) is 23.8 Å². The van der Waals surface area contributed by atoms with Gasteiger partial charge in [0.25, 0.3) is 0 Å². The second-order valence-electron chi connectivity index (χ2n) is 8.47. The van der Waals surface area contributed by atoms with Gasteiger partial charge in [0.2, 0.25) is 11.8 Å². The molecule has 0 heterocycles. The maximum absolute atomic E-state index is 13.3. The molecule has 2 rings (SSSR count). The molecular weight excluding hydrogens is 384 g/mol. The maximum atomic E-state index is 13.3. The van der Waals surface area contributed by atoms with Crippen molar-refractivity contribution in [2.45, 2.75) is 65.6 Å². The zero-order valence-corrected chi connectivity index (χ0v) is 18.7. The molecule has 0 saturated heterocycles. The molecule has 0 fully saturated rings. The standard InChI is InChI=1S/C24H31ClN2O2/c1-6-21(23(29)26-24(3,4)5)27(16-19-11-13-20(25)14-12-19)22(28)15-18-9-7-17(2)8-10-18/h7-14,21H,6,15-16H2,1-5H3,(H,26,29)/t21-/m0/s1. The SMILES string of the molecule is CC[C@@H](C(=O)NC(C)(C)C)N(Cc1ccc(Cl)cc1)C(=O)Cc1ccc(C)cc1. The molecule has 0 unspecified atom stereocenters. The summed E-state index contributed by atoms with van der Waals surface area (Å²) in [7, 11) is 0. The third kappa shape index (κ3) is 7.21. The van der Waals surface area contributed by atoms with Gasteiger partial charge < -0.3 is 10.2 Å². The molecule has 0 aliphatic carbocycles. The van der Waals surface area contributed by atoms with Gasteiger partial charge in [-0.1, -0.05) is 60.5 Å². The van der Waals surface area contributed by atoms with Crippen LogP contribution in [0, 0.1) is 6.92 Å². The largest absolute Gasteiger partial charge is 0.350 e. The van der Waals surface area contributed by atoms with E-state index < -0.39 is 6.04 Å². The number of halogens is 1. The van der Waals surface area contributed by atoms with E-state index in [1.54, 1.807) is 17.0 Å². The fourth-order valence-electron chi connectivity index (χ4n) is 3.14. The third-order valence-corrected chi connectivity index (χ3v) is 4.88. The Bertz CT molecular complexity index is 823. The monoisotopic (exact) mass is 414 g/mol. The number of aryl methyl sites for hydroxylation is 1. The van der Waals surface area contributed by atoms with Crippen molar-refractivity contribution in [3.63, 3.8) is 0 Å². The average molecular weight is 415 g/mol. The molecule has 0 saturated carbocycles. The molecule has 156 valence electrons. The Morgan fingerprint density at radius 3 is 2.07 bits per heavy atom. The summed E-state index contributed by atoms with van der Waals surface area (Å²) in [5, 5.41) is 3.66. The summed E-state index contributed by atoms with van der Waals surface area (Å²) in [5.41, 5.74) is 2.66. The highest BCUT2D eigenvalue weighted by molar-refractivity contribution is 6.30. The molecule has 0 aliphatic rings. The minimum Gasteiger partial charge on any atom is -0.350 e. The number of benzene rings is 2. The minimum absolute atomic E-state index is 0.0697. The van der Waals surface area contributed by atoms with Crippen LogP contribution in [0.2, 0.25) is 5.02 Å². The van der Waals surface area contributed by atoms with Crippen LogP contribution in [0.4, 0.5) is 0 Å². The van der Waals surface area contributed by atoms with Crippen LogP contribution in [0.25, 0.3) is 0 Å². The highest BCUT2D eigenvalue weighted by Gasteiger charge is 2.30. The zero-order valence-electron chi connectivity index (χ0n) is 18.0. The lowest BCUT2D eigenvalue weighted by Crippen LogP contribution is -2.53. The molecule has 5 heteroatoms. The van der Waals surface area contributed by atoms with Gasteiger partial charge in [0.15, 0.2) is 0 Å². The minimum atomic E-state index is -0.539. The van der Waals surface area contributed by atoms with Crippen LogP contribution in [-0.2, 0) is 22.6 Å². The maximum Gasteiger partial charge on any atom is 0.243 e. The fraction of sp³-hybridized carbons (Fsp3) is 0.417. The predicted molar refractivity (Wildman–Crippen MR) is 119 cm³/mol. The molecule has 0 aromatic heterocycles. The summed E-state index contributed by atoms with van der Waals surface area (Å²) < 4.78 is 0. The van der Waals surface area contributed by atoms with Crippen molar-refractivity contribution >= 4 is 23.4 Å². The number of amides is 2. The summed E-state index contributed by atoms with van der Waals surface area (Å²) in [6.07, 6.45) is 0.794. The van der Waals surface area contributed by atoms with Crippen LogP contribution in [0.5, 0.6) is 0 Å². The van der Waals surface area contributed by atoms with Gasteiger partial charge in [0, 0.05) is 17.1 Å². The van der Waals surface area contributed by atoms with Gasteiger partial charge in [0.05, 0.1) is 6.42 Å². The average Bonchev–Trinajstić information content (AvgIpc) is 2.63. The first-order valence-corrected chi connectivity index (χ1v) is 10.4. The van der Waals surface area contributed by atoms with E-state index in [2.05, 4.69) is 5.32 Å². The van der Waals surface area contributed by atoms with Crippen molar-refractivity contribution in [3.8, 4) is 0 Å². The predicted octanol–water partition coefficient (Wildman–Crippen LogP) is 4.91. The van der Waals surface area contributed by atoms with Crippen molar-refractivity contribution < 1.29 is 9.59 Å². The Kier molecular flexibility index (Phi) is 7.86. The van der Waals surface area contributed by atoms with E-state index in [0.29, 0.717) is 18.0 Å². The quantitative estimate of drug-likeness (QED) is 0.699. The number of hydrogen-bond donors (Lipinski definition) is 1. The van der Waals surface area contributed by atoms with Crippen LogP contribution in [0.15, 0.2) is 48.5 Å². The van der Waals surface area contributed by atoms with Crippen LogP contribution in [0.3, 0.4) is 0 Å². The number of nitrogens with one attached hydrogen (secondary N) is 1. The topological polar surface area (TPSA) is 49.4 Å². The number of carbonyl (C=O) groups excluding carboxylic acids is 2. The van der Waals surface area contributed by atoms with Crippen LogP contribution >= 0.6 is 11.6 Å². The van der Waals surface area contributed by atoms with E-state index in [1.807, 2.05) is 71.0 Å². The summed E-state index contributed by atoms with van der Waals surface area (Å²) in [6, 6.07) is 14.8. The molecule has 0 radical (unpaired) electrons. The number of nitrogens with zero attached hydrogens (tertiary/aromatic N) is 1. The molecule has 0 bridgehead atoms. The lowest BCUT2D eigenvalue weighted by atomic mass is 10.0. The molecule has 1 atom stereocenters. The lowest BCUT2D eigenvalue weighted by Gasteiger charge is -2.33. The Morgan fingerprint density at radius 1 is 1.00 bits per heavy atom. The molecule has 1 N–H and O–H groups in total. The van der Waals surface area contributed by atoms with E-state index >= 15 is 0 Å². The first-order chi connectivity index (χ1) is 13.6. The molecule has 0 aliphatic heterocycles. The van der Waals surface area contributed by atoms with Crippen molar-refractivity contribution in [2.24, 2.45) is 0 Å². The lowest BCUT2D eigenvalue weighted by molar-refractivity contribution is -0.141. The summed E-state index contributed by atoms with van der Waals surface area (Å²) in [5.74, 6) is -0.203. The van der Waals surface area contributed by atoms with Gasteiger partial charge in [0.1, 0.15) is 6.04 Å². The van der Waals surface area contributed by atoms with Crippen LogP contribution < -0.4 is 5.32 Å². The van der Waals surface area contributed by atoms with Gasteiger partial charge in [-0.05, 0) is 57.4 Å². The fourth-order valence-corrected chi connectivity index (χ4v) is 3.27. The molecule has 2 aromatic carbocycles. The number of hydrogen-bond acceptors (Lipinski definition) is 2. The van der Waals surface area contributed by atoms with Crippen molar-refractivity contribution in [1.29, 1.82) is 0 Å². The summed E-state index contributed by atoms with van der Waals surface area (Å²) in [6.45, 7) is 10.1. The number of rotatable bonds is 7. The van der Waals surface area contributed by atoms with Crippen LogP contribution in [-0.4, -0.2) is 28.3 Å². The molecule has 4 nitrogen and oxygen atoms in total. The number of carbonyl (C=O) groups is 2. The third-order valence-electron chi connectivity index (χ3n) is 4.63. The first kappa shape index (κ1) is 23.0. The van der Waals surface area contributed by atoms with Crippen molar-refractivity contribution in [3.05, 3.63) is 70.2 Å².